The predicted octanol–water partition coefficient (Wildman–Crippen LogP) is 2.56. The number of nitrogens with one attached hydrogen (secondary N) is 1. The van der Waals surface area contributed by atoms with Crippen LogP contribution in [0.5, 0.6) is 0 Å². The second kappa shape index (κ2) is 5.46. The maximum atomic E-state index is 5.59. The van der Waals surface area contributed by atoms with E-state index >= 15 is 0 Å². The van der Waals surface area contributed by atoms with Crippen LogP contribution in [0.4, 0.5) is 0 Å². The van der Waals surface area contributed by atoms with Crippen molar-refractivity contribution in [1.82, 2.24) is 5.43 Å². The second-order valence-corrected chi connectivity index (χ2v) is 5.07. The summed E-state index contributed by atoms with van der Waals surface area (Å²) in [4.78, 5) is 0. The van der Waals surface area contributed by atoms with Gasteiger partial charge in [0.05, 0.1) is 0 Å². The van der Waals surface area contributed by atoms with Crippen LogP contribution >= 0.6 is 0 Å². The van der Waals surface area contributed by atoms with Gasteiger partial charge in [-0.3, -0.25) is 11.3 Å². The van der Waals surface area contributed by atoms with Crippen molar-refractivity contribution in [1.29, 1.82) is 0 Å². The molecule has 0 spiro atoms. The molecule has 0 saturated heterocycles. The van der Waals surface area contributed by atoms with Crippen molar-refractivity contribution in [2.75, 3.05) is 0 Å². The molecule has 1 aliphatic rings. The van der Waals surface area contributed by atoms with Crippen LogP contribution in [-0.4, -0.2) is 6.04 Å². The molecule has 2 nitrogen and oxygen atoms in total. The summed E-state index contributed by atoms with van der Waals surface area (Å²) in [6, 6.07) is 9.30. The first-order valence-electron chi connectivity index (χ1n) is 6.29. The molecule has 1 unspecified atom stereocenters. The van der Waals surface area contributed by atoms with E-state index in [2.05, 4.69) is 36.6 Å². The van der Waals surface area contributed by atoms with Gasteiger partial charge in [-0.05, 0) is 37.7 Å². The third-order valence-electron chi connectivity index (χ3n) is 3.45. The number of rotatable bonds is 6. The summed E-state index contributed by atoms with van der Waals surface area (Å²) in [5.74, 6) is 6.53. The molecule has 16 heavy (non-hydrogen) atoms. The van der Waals surface area contributed by atoms with E-state index < -0.39 is 0 Å². The molecule has 1 fully saturated rings. The number of nitrogens with two attached hydrogens (primary N) is 1. The zero-order chi connectivity index (χ0) is 11.4. The van der Waals surface area contributed by atoms with Crippen molar-refractivity contribution < 1.29 is 0 Å². The highest BCUT2D eigenvalue weighted by atomic mass is 15.2. The van der Waals surface area contributed by atoms with Crippen molar-refractivity contribution in [3.63, 3.8) is 0 Å². The zero-order valence-electron chi connectivity index (χ0n) is 10.1. The molecule has 0 amide bonds. The molecule has 0 aliphatic heterocycles. The predicted molar refractivity (Wildman–Crippen MR) is 68.0 cm³/mol. The van der Waals surface area contributed by atoms with E-state index in [4.69, 9.17) is 5.84 Å². The minimum absolute atomic E-state index is 0.494. The van der Waals surface area contributed by atoms with Crippen LogP contribution in [0.25, 0.3) is 0 Å². The van der Waals surface area contributed by atoms with E-state index in [0.29, 0.717) is 6.04 Å². The molecule has 2 heteroatoms. The number of hydrazine groups is 1. The number of aryl methyl sites for hydroxylation is 2. The molecule has 0 bridgehead atoms. The standard InChI is InChI=1S/C14H22N2/c1-11-2-4-12(5-3-11)8-9-14(16-15)10-13-6-7-13/h2-5,13-14,16H,6-10,15H2,1H3. The lowest BCUT2D eigenvalue weighted by Crippen LogP contribution is -2.35. The summed E-state index contributed by atoms with van der Waals surface area (Å²) in [6.07, 6.45) is 6.34. The highest BCUT2D eigenvalue weighted by Crippen LogP contribution is 2.34. The van der Waals surface area contributed by atoms with Crippen LogP contribution in [0.1, 0.15) is 36.8 Å². The molecule has 2 rings (SSSR count). The van der Waals surface area contributed by atoms with Crippen molar-refractivity contribution >= 4 is 0 Å². The van der Waals surface area contributed by atoms with Crippen LogP contribution in [0.15, 0.2) is 24.3 Å². The number of hydrogen-bond donors (Lipinski definition) is 2. The third-order valence-corrected chi connectivity index (χ3v) is 3.45. The maximum absolute atomic E-state index is 5.59. The van der Waals surface area contributed by atoms with E-state index in [1.54, 1.807) is 0 Å². The molecule has 1 aromatic rings. The summed E-state index contributed by atoms with van der Waals surface area (Å²) in [5, 5.41) is 0. The van der Waals surface area contributed by atoms with Gasteiger partial charge < -0.3 is 0 Å². The summed E-state index contributed by atoms with van der Waals surface area (Å²) in [7, 11) is 0. The summed E-state index contributed by atoms with van der Waals surface area (Å²) >= 11 is 0. The molecule has 1 saturated carbocycles. The molecule has 1 aliphatic carbocycles. The van der Waals surface area contributed by atoms with Crippen LogP contribution in [0.2, 0.25) is 0 Å². The van der Waals surface area contributed by atoms with E-state index in [-0.39, 0.29) is 0 Å². The smallest absolute Gasteiger partial charge is 0.0216 e. The van der Waals surface area contributed by atoms with Crippen molar-refractivity contribution in [2.45, 2.75) is 45.1 Å². The fourth-order valence-corrected chi connectivity index (χ4v) is 2.12. The topological polar surface area (TPSA) is 38.0 Å². The lowest BCUT2D eigenvalue weighted by Gasteiger charge is -2.15. The first kappa shape index (κ1) is 11.6. The van der Waals surface area contributed by atoms with Crippen LogP contribution < -0.4 is 11.3 Å². The summed E-state index contributed by atoms with van der Waals surface area (Å²) in [6.45, 7) is 2.13. The first-order chi connectivity index (χ1) is 7.78. The average molecular weight is 218 g/mol. The Hall–Kier alpha value is -0.860. The Morgan fingerprint density at radius 2 is 2.00 bits per heavy atom. The Kier molecular flexibility index (Phi) is 3.97. The van der Waals surface area contributed by atoms with Gasteiger partial charge in [0.1, 0.15) is 0 Å². The minimum Gasteiger partial charge on any atom is -0.271 e. The largest absolute Gasteiger partial charge is 0.271 e. The molecule has 0 radical (unpaired) electrons. The van der Waals surface area contributed by atoms with Gasteiger partial charge in [-0.15, -0.1) is 0 Å². The molecule has 88 valence electrons. The van der Waals surface area contributed by atoms with Gasteiger partial charge in [0.2, 0.25) is 0 Å². The Morgan fingerprint density at radius 1 is 1.31 bits per heavy atom. The van der Waals surface area contributed by atoms with Gasteiger partial charge in [0.25, 0.3) is 0 Å². The van der Waals surface area contributed by atoms with Crippen LogP contribution in [0.3, 0.4) is 0 Å². The molecule has 3 N–H and O–H groups in total. The third kappa shape index (κ3) is 3.62. The quantitative estimate of drug-likeness (QED) is 0.569. The average Bonchev–Trinajstić information content (AvgIpc) is 3.10. The summed E-state index contributed by atoms with van der Waals surface area (Å²) < 4.78 is 0. The minimum atomic E-state index is 0.494. The SMILES string of the molecule is Cc1ccc(CCC(CC2CC2)NN)cc1. The Bertz CT molecular complexity index is 314. The van der Waals surface area contributed by atoms with Crippen LogP contribution in [-0.2, 0) is 6.42 Å². The highest BCUT2D eigenvalue weighted by Gasteiger charge is 2.24. The zero-order valence-corrected chi connectivity index (χ0v) is 10.1. The molecule has 0 aromatic heterocycles. The molecular formula is C14H22N2. The van der Waals surface area contributed by atoms with Gasteiger partial charge in [-0.25, -0.2) is 0 Å². The Labute approximate surface area is 98.2 Å². The molecule has 0 heterocycles. The Balaban J connectivity index is 1.77. The fraction of sp³-hybridized carbons (Fsp3) is 0.571. The highest BCUT2D eigenvalue weighted by molar-refractivity contribution is 5.21. The van der Waals surface area contributed by atoms with E-state index in [1.807, 2.05) is 0 Å². The number of hydrogen-bond acceptors (Lipinski definition) is 2. The van der Waals surface area contributed by atoms with Crippen molar-refractivity contribution in [2.24, 2.45) is 11.8 Å². The number of benzene rings is 1. The normalized spacial score (nSPS) is 17.4. The summed E-state index contributed by atoms with van der Waals surface area (Å²) in [5.41, 5.74) is 5.70. The van der Waals surface area contributed by atoms with Gasteiger partial charge >= 0.3 is 0 Å². The lowest BCUT2D eigenvalue weighted by atomic mass is 10.0. The van der Waals surface area contributed by atoms with E-state index in [9.17, 15) is 0 Å². The van der Waals surface area contributed by atoms with Gasteiger partial charge in [0.15, 0.2) is 0 Å². The van der Waals surface area contributed by atoms with Gasteiger partial charge in [-0.1, -0.05) is 42.7 Å². The van der Waals surface area contributed by atoms with Gasteiger partial charge in [0, 0.05) is 6.04 Å². The molecular weight excluding hydrogens is 196 g/mol. The molecule has 1 aromatic carbocycles. The molecule has 1 atom stereocenters. The maximum Gasteiger partial charge on any atom is 0.0216 e. The fourth-order valence-electron chi connectivity index (χ4n) is 2.12. The first-order valence-corrected chi connectivity index (χ1v) is 6.29. The lowest BCUT2D eigenvalue weighted by molar-refractivity contribution is 0.442. The van der Waals surface area contributed by atoms with E-state index in [1.165, 1.54) is 30.4 Å². The van der Waals surface area contributed by atoms with Gasteiger partial charge in [-0.2, -0.15) is 0 Å². The van der Waals surface area contributed by atoms with E-state index in [0.717, 1.165) is 18.8 Å². The monoisotopic (exact) mass is 218 g/mol. The van der Waals surface area contributed by atoms with Crippen LogP contribution in [0, 0.1) is 12.8 Å². The van der Waals surface area contributed by atoms with Crippen molar-refractivity contribution in [3.8, 4) is 0 Å². The Morgan fingerprint density at radius 3 is 2.56 bits per heavy atom. The van der Waals surface area contributed by atoms with Crippen molar-refractivity contribution in [3.05, 3.63) is 35.4 Å². The second-order valence-electron chi connectivity index (χ2n) is 5.07.